The Morgan fingerprint density at radius 1 is 1.10 bits per heavy atom. The number of fused-ring (bicyclic) bond motifs is 2. The Morgan fingerprint density at radius 3 is 2.46 bits per heavy atom. The molecule has 1 saturated heterocycles. The van der Waals surface area contributed by atoms with Gasteiger partial charge in [0.05, 0.1) is 24.3 Å². The van der Waals surface area contributed by atoms with E-state index in [2.05, 4.69) is 44.6 Å². The summed E-state index contributed by atoms with van der Waals surface area (Å²) < 4.78 is 0. The number of nitrogens with zero attached hydrogens (tertiary/aromatic N) is 5. The second-order valence-electron chi connectivity index (χ2n) is 12.1. The third kappa shape index (κ3) is 4.77. The van der Waals surface area contributed by atoms with E-state index < -0.39 is 35.4 Å². The predicted molar refractivity (Wildman–Crippen MR) is 145 cm³/mol. The molecule has 2 unspecified atom stereocenters. The van der Waals surface area contributed by atoms with Crippen LogP contribution in [0.3, 0.4) is 0 Å². The van der Waals surface area contributed by atoms with E-state index in [1.54, 1.807) is 29.6 Å². The minimum absolute atomic E-state index is 0.0470. The average Bonchev–Trinajstić information content (AvgIpc) is 3.22. The van der Waals surface area contributed by atoms with Crippen molar-refractivity contribution in [1.82, 2.24) is 30.4 Å². The molecule has 3 heterocycles. The van der Waals surface area contributed by atoms with Gasteiger partial charge in [0, 0.05) is 17.3 Å². The van der Waals surface area contributed by atoms with Crippen molar-refractivity contribution in [3.8, 4) is 0 Å². The van der Waals surface area contributed by atoms with Gasteiger partial charge >= 0.3 is 0 Å². The van der Waals surface area contributed by atoms with Gasteiger partial charge in [-0.1, -0.05) is 58.9 Å². The van der Waals surface area contributed by atoms with E-state index in [1.807, 2.05) is 39.0 Å². The van der Waals surface area contributed by atoms with Gasteiger partial charge in [-0.15, -0.1) is 0 Å². The molecule has 3 amide bonds. The number of aromatic nitrogens is 4. The number of piperidine rings is 1. The molecule has 1 aliphatic heterocycles. The first-order valence-electron chi connectivity index (χ1n) is 13.0. The van der Waals surface area contributed by atoms with Gasteiger partial charge in [0.1, 0.15) is 24.1 Å². The van der Waals surface area contributed by atoms with Crippen molar-refractivity contribution in [3.63, 3.8) is 0 Å². The number of hydrogen-bond acceptors (Lipinski definition) is 8. The zero-order valence-electron chi connectivity index (χ0n) is 22.8. The molecule has 2 aliphatic rings. The number of primary amides is 1. The van der Waals surface area contributed by atoms with Crippen LogP contribution in [0.2, 0.25) is 0 Å². The van der Waals surface area contributed by atoms with Crippen LogP contribution < -0.4 is 16.4 Å². The highest BCUT2D eigenvalue weighted by Crippen LogP contribution is 2.65. The predicted octanol–water partition coefficient (Wildman–Crippen LogP) is 2.07. The molecule has 0 radical (unpaired) electrons. The number of carbonyl (C=O) groups excluding carboxylic acids is 3. The number of anilines is 1. The van der Waals surface area contributed by atoms with Crippen molar-refractivity contribution >= 4 is 34.2 Å². The van der Waals surface area contributed by atoms with Gasteiger partial charge < -0.3 is 21.3 Å². The molecule has 5 rings (SSSR count). The van der Waals surface area contributed by atoms with Gasteiger partial charge in [0.25, 0.3) is 0 Å². The summed E-state index contributed by atoms with van der Waals surface area (Å²) in [6, 6.07) is 4.71. The van der Waals surface area contributed by atoms with Crippen molar-refractivity contribution in [2.24, 2.45) is 28.4 Å². The van der Waals surface area contributed by atoms with E-state index in [9.17, 15) is 14.4 Å². The lowest BCUT2D eigenvalue weighted by Gasteiger charge is -2.38. The Kier molecular flexibility index (Phi) is 6.48. The normalized spacial score (nSPS) is 23.0. The van der Waals surface area contributed by atoms with E-state index in [-0.39, 0.29) is 28.9 Å². The molecule has 1 saturated carbocycles. The quantitative estimate of drug-likeness (QED) is 0.419. The van der Waals surface area contributed by atoms with Crippen LogP contribution in [-0.4, -0.2) is 61.4 Å². The van der Waals surface area contributed by atoms with Crippen LogP contribution in [-0.2, 0) is 14.4 Å². The fourth-order valence-corrected chi connectivity index (χ4v) is 5.93. The first kappa shape index (κ1) is 26.5. The SMILES string of the molecule is CC(C)(C)C(Nc1cncnc1)C(=O)N1C[C@H]2[C@@H]([C@H]1C(=O)NC(C(N)=O)c1nncc3ccccc13)C2(C)C. The van der Waals surface area contributed by atoms with Crippen LogP contribution in [0.5, 0.6) is 0 Å². The van der Waals surface area contributed by atoms with E-state index in [0.29, 0.717) is 17.6 Å². The van der Waals surface area contributed by atoms with Crippen molar-refractivity contribution in [2.75, 3.05) is 11.9 Å². The molecule has 5 atom stereocenters. The van der Waals surface area contributed by atoms with Gasteiger partial charge in [0.2, 0.25) is 17.7 Å². The van der Waals surface area contributed by atoms with Crippen molar-refractivity contribution in [1.29, 1.82) is 0 Å². The highest BCUT2D eigenvalue weighted by atomic mass is 16.2. The van der Waals surface area contributed by atoms with Crippen molar-refractivity contribution in [2.45, 2.75) is 52.7 Å². The summed E-state index contributed by atoms with van der Waals surface area (Å²) in [6.45, 7) is 10.5. The summed E-state index contributed by atoms with van der Waals surface area (Å²) in [7, 11) is 0. The molecule has 1 aromatic carbocycles. The monoisotopic (exact) mass is 530 g/mol. The van der Waals surface area contributed by atoms with E-state index in [0.717, 1.165) is 5.39 Å². The van der Waals surface area contributed by atoms with Crippen LogP contribution in [0.1, 0.15) is 46.4 Å². The topological polar surface area (TPSA) is 156 Å². The Labute approximate surface area is 227 Å². The average molecular weight is 531 g/mol. The number of carbonyl (C=O) groups is 3. The van der Waals surface area contributed by atoms with Gasteiger partial charge in [-0.25, -0.2) is 9.97 Å². The van der Waals surface area contributed by atoms with Gasteiger partial charge in [-0.3, -0.25) is 14.4 Å². The molecule has 2 fully saturated rings. The Bertz CT molecular complexity index is 1420. The lowest BCUT2D eigenvalue weighted by molar-refractivity contribution is -0.143. The number of rotatable bonds is 7. The summed E-state index contributed by atoms with van der Waals surface area (Å²) >= 11 is 0. The first-order chi connectivity index (χ1) is 18.4. The van der Waals surface area contributed by atoms with Crippen molar-refractivity contribution < 1.29 is 14.4 Å². The molecule has 0 bridgehead atoms. The number of nitrogens with one attached hydrogen (secondary N) is 2. The van der Waals surface area contributed by atoms with Crippen LogP contribution >= 0.6 is 0 Å². The van der Waals surface area contributed by atoms with Crippen LogP contribution in [0, 0.1) is 22.7 Å². The molecule has 4 N–H and O–H groups in total. The second kappa shape index (κ2) is 9.55. The van der Waals surface area contributed by atoms with Gasteiger partial charge in [0.15, 0.2) is 6.04 Å². The summed E-state index contributed by atoms with van der Waals surface area (Å²) in [5.41, 5.74) is 6.06. The number of hydrogen-bond donors (Lipinski definition) is 3. The molecular weight excluding hydrogens is 496 g/mol. The molecule has 39 heavy (non-hydrogen) atoms. The van der Waals surface area contributed by atoms with Gasteiger partial charge in [-0.2, -0.15) is 10.2 Å². The zero-order chi connectivity index (χ0) is 28.1. The first-order valence-corrected chi connectivity index (χ1v) is 13.0. The molecule has 3 aromatic rings. The third-order valence-electron chi connectivity index (χ3n) is 8.19. The summed E-state index contributed by atoms with van der Waals surface area (Å²) in [6.07, 6.45) is 6.22. The van der Waals surface area contributed by atoms with Crippen LogP contribution in [0.15, 0.2) is 49.2 Å². The fraction of sp³-hybridized carbons (Fsp3) is 0.464. The largest absolute Gasteiger partial charge is 0.371 e. The van der Waals surface area contributed by atoms with Crippen LogP contribution in [0.4, 0.5) is 5.69 Å². The summed E-state index contributed by atoms with van der Waals surface area (Å²) in [5, 5.41) is 15.7. The third-order valence-corrected chi connectivity index (χ3v) is 8.19. The summed E-state index contributed by atoms with van der Waals surface area (Å²) in [5.74, 6) is -1.27. The van der Waals surface area contributed by atoms with E-state index in [1.165, 1.54) is 6.33 Å². The highest BCUT2D eigenvalue weighted by molar-refractivity contribution is 5.97. The van der Waals surface area contributed by atoms with Crippen LogP contribution in [0.25, 0.3) is 10.8 Å². The number of nitrogens with two attached hydrogens (primary N) is 1. The number of likely N-dealkylation sites (tertiary alicyclic amines) is 1. The lowest BCUT2D eigenvalue weighted by Crippen LogP contribution is -2.57. The van der Waals surface area contributed by atoms with Crippen molar-refractivity contribution in [3.05, 3.63) is 54.9 Å². The minimum atomic E-state index is -1.20. The maximum absolute atomic E-state index is 14.1. The smallest absolute Gasteiger partial charge is 0.246 e. The standard InChI is InChI=1S/C28H34N8O3/c1-27(2,3)23(33-16-11-30-14-31-12-16)26(39)36-13-18-19(28(18,4)5)22(36)25(38)34-21(24(29)37)20-17-9-7-6-8-15(17)10-32-35-20/h6-12,14,18-19,21-23,33H,13H2,1-5H3,(H2,29,37)(H,34,38)/t18-,19-,21?,22-,23?/m0/s1. The Morgan fingerprint density at radius 2 is 1.79 bits per heavy atom. The maximum Gasteiger partial charge on any atom is 0.246 e. The second-order valence-corrected chi connectivity index (χ2v) is 12.1. The molecule has 11 nitrogen and oxygen atoms in total. The number of benzene rings is 1. The Hall–Kier alpha value is -4.15. The molecule has 0 spiro atoms. The number of amides is 3. The van der Waals surface area contributed by atoms with E-state index in [4.69, 9.17) is 5.73 Å². The summed E-state index contributed by atoms with van der Waals surface area (Å²) in [4.78, 5) is 50.4. The molecule has 1 aliphatic carbocycles. The molecule has 11 heteroatoms. The lowest BCUT2D eigenvalue weighted by atomic mass is 9.85. The zero-order valence-corrected chi connectivity index (χ0v) is 22.8. The fourth-order valence-electron chi connectivity index (χ4n) is 5.93. The molecule has 2 aromatic heterocycles. The Balaban J connectivity index is 1.45. The molecule has 204 valence electrons. The highest BCUT2D eigenvalue weighted by Gasteiger charge is 2.69. The minimum Gasteiger partial charge on any atom is -0.371 e. The van der Waals surface area contributed by atoms with E-state index >= 15 is 0 Å². The van der Waals surface area contributed by atoms with Gasteiger partial charge in [-0.05, 0) is 22.7 Å². The molecular formula is C28H34N8O3. The maximum atomic E-state index is 14.1.